The Labute approximate surface area is 123 Å². The first-order valence-electron chi connectivity index (χ1n) is 7.81. The van der Waals surface area contributed by atoms with Gasteiger partial charge in [0.15, 0.2) is 0 Å². The van der Waals surface area contributed by atoms with Gasteiger partial charge in [-0.1, -0.05) is 6.07 Å². The Hall–Kier alpha value is -1.13. The number of nitrogens with zero attached hydrogens (tertiary/aromatic N) is 3. The van der Waals surface area contributed by atoms with Gasteiger partial charge in [0.1, 0.15) is 5.82 Å². The Morgan fingerprint density at radius 2 is 2.30 bits per heavy atom. The SMILES string of the molecule is CCN(C)c1ccc(CN2CCCC(CCN)C2)cn1. The first-order valence-corrected chi connectivity index (χ1v) is 7.81. The van der Waals surface area contributed by atoms with E-state index in [4.69, 9.17) is 5.73 Å². The molecule has 1 saturated heterocycles. The second-order valence-electron chi connectivity index (χ2n) is 5.86. The quantitative estimate of drug-likeness (QED) is 0.864. The van der Waals surface area contributed by atoms with Crippen LogP contribution in [0.5, 0.6) is 0 Å². The third-order valence-corrected chi connectivity index (χ3v) is 4.26. The molecule has 0 aromatic carbocycles. The van der Waals surface area contributed by atoms with Gasteiger partial charge < -0.3 is 10.6 Å². The van der Waals surface area contributed by atoms with E-state index in [-0.39, 0.29) is 0 Å². The monoisotopic (exact) mass is 276 g/mol. The van der Waals surface area contributed by atoms with E-state index in [2.05, 4.69) is 40.9 Å². The smallest absolute Gasteiger partial charge is 0.128 e. The first-order chi connectivity index (χ1) is 9.72. The van der Waals surface area contributed by atoms with Gasteiger partial charge >= 0.3 is 0 Å². The number of hydrogen-bond acceptors (Lipinski definition) is 4. The van der Waals surface area contributed by atoms with Crippen molar-refractivity contribution in [2.45, 2.75) is 32.7 Å². The number of pyridine rings is 1. The molecule has 1 aliphatic heterocycles. The number of aromatic nitrogens is 1. The molecule has 4 heteroatoms. The summed E-state index contributed by atoms with van der Waals surface area (Å²) in [5.41, 5.74) is 6.99. The van der Waals surface area contributed by atoms with E-state index in [1.165, 1.54) is 31.5 Å². The van der Waals surface area contributed by atoms with E-state index in [9.17, 15) is 0 Å². The van der Waals surface area contributed by atoms with E-state index in [1.54, 1.807) is 0 Å². The van der Waals surface area contributed by atoms with Crippen molar-refractivity contribution >= 4 is 5.82 Å². The highest BCUT2D eigenvalue weighted by Gasteiger charge is 2.19. The van der Waals surface area contributed by atoms with E-state index in [0.29, 0.717) is 0 Å². The molecular formula is C16H28N4. The molecule has 1 aromatic heterocycles. The summed E-state index contributed by atoms with van der Waals surface area (Å²) in [7, 11) is 2.07. The second kappa shape index (κ2) is 7.60. The zero-order valence-electron chi connectivity index (χ0n) is 12.9. The molecule has 112 valence electrons. The maximum Gasteiger partial charge on any atom is 0.128 e. The molecule has 0 radical (unpaired) electrons. The van der Waals surface area contributed by atoms with Crippen LogP contribution in [-0.4, -0.2) is 43.1 Å². The molecule has 4 nitrogen and oxygen atoms in total. The largest absolute Gasteiger partial charge is 0.360 e. The van der Waals surface area contributed by atoms with Crippen LogP contribution in [-0.2, 0) is 6.54 Å². The molecule has 0 bridgehead atoms. The van der Waals surface area contributed by atoms with Gasteiger partial charge in [-0.15, -0.1) is 0 Å². The molecule has 0 amide bonds. The van der Waals surface area contributed by atoms with E-state index in [1.807, 2.05) is 6.20 Å². The van der Waals surface area contributed by atoms with Crippen molar-refractivity contribution in [2.24, 2.45) is 11.7 Å². The average molecular weight is 276 g/mol. The summed E-state index contributed by atoms with van der Waals surface area (Å²) in [4.78, 5) is 9.25. The first kappa shape index (κ1) is 15.3. The number of piperidine rings is 1. The minimum atomic E-state index is 0.784. The van der Waals surface area contributed by atoms with Crippen LogP contribution < -0.4 is 10.6 Å². The molecule has 1 aromatic rings. The highest BCUT2D eigenvalue weighted by atomic mass is 15.2. The lowest BCUT2D eigenvalue weighted by Crippen LogP contribution is -2.35. The summed E-state index contributed by atoms with van der Waals surface area (Å²) < 4.78 is 0. The van der Waals surface area contributed by atoms with Crippen molar-refractivity contribution < 1.29 is 0 Å². The number of hydrogen-bond donors (Lipinski definition) is 1. The van der Waals surface area contributed by atoms with Crippen LogP contribution in [0.4, 0.5) is 5.82 Å². The molecule has 0 aliphatic carbocycles. The van der Waals surface area contributed by atoms with Crippen LogP contribution in [0.15, 0.2) is 18.3 Å². The zero-order valence-corrected chi connectivity index (χ0v) is 12.9. The summed E-state index contributed by atoms with van der Waals surface area (Å²) in [5.74, 6) is 1.84. The summed E-state index contributed by atoms with van der Waals surface area (Å²) in [6, 6.07) is 4.33. The highest BCUT2D eigenvalue weighted by molar-refractivity contribution is 5.37. The van der Waals surface area contributed by atoms with Gasteiger partial charge in [0, 0.05) is 32.9 Å². The van der Waals surface area contributed by atoms with E-state index < -0.39 is 0 Å². The number of likely N-dealkylation sites (tertiary alicyclic amines) is 1. The van der Waals surface area contributed by atoms with Crippen LogP contribution in [0.1, 0.15) is 31.7 Å². The van der Waals surface area contributed by atoms with Crippen LogP contribution in [0.25, 0.3) is 0 Å². The van der Waals surface area contributed by atoms with Gasteiger partial charge in [-0.3, -0.25) is 4.90 Å². The van der Waals surface area contributed by atoms with Crippen LogP contribution >= 0.6 is 0 Å². The lowest BCUT2D eigenvalue weighted by atomic mass is 9.94. The minimum Gasteiger partial charge on any atom is -0.360 e. The number of rotatable bonds is 6. The fourth-order valence-corrected chi connectivity index (χ4v) is 2.92. The Kier molecular flexibility index (Phi) is 5.80. The number of nitrogens with two attached hydrogens (primary N) is 1. The summed E-state index contributed by atoms with van der Waals surface area (Å²) in [5, 5.41) is 0. The fourth-order valence-electron chi connectivity index (χ4n) is 2.92. The molecule has 0 saturated carbocycles. The Balaban J connectivity index is 1.89. The van der Waals surface area contributed by atoms with Gasteiger partial charge in [0.25, 0.3) is 0 Å². The molecule has 1 fully saturated rings. The Morgan fingerprint density at radius 1 is 1.45 bits per heavy atom. The number of anilines is 1. The predicted octanol–water partition coefficient (Wildman–Crippen LogP) is 2.10. The molecule has 1 unspecified atom stereocenters. The molecule has 1 aliphatic rings. The third kappa shape index (κ3) is 4.18. The van der Waals surface area contributed by atoms with Crippen molar-refractivity contribution in [3.63, 3.8) is 0 Å². The molecule has 2 N–H and O–H groups in total. The molecule has 2 rings (SSSR count). The lowest BCUT2D eigenvalue weighted by molar-refractivity contribution is 0.163. The van der Waals surface area contributed by atoms with Crippen molar-refractivity contribution in [1.82, 2.24) is 9.88 Å². The normalized spacial score (nSPS) is 20.1. The van der Waals surface area contributed by atoms with Crippen molar-refractivity contribution in [3.8, 4) is 0 Å². The predicted molar refractivity (Wildman–Crippen MR) is 84.9 cm³/mol. The Morgan fingerprint density at radius 3 is 2.95 bits per heavy atom. The molecule has 2 heterocycles. The molecule has 0 spiro atoms. The molecule has 20 heavy (non-hydrogen) atoms. The Bertz CT molecular complexity index is 388. The van der Waals surface area contributed by atoms with Gasteiger partial charge in [-0.25, -0.2) is 4.98 Å². The van der Waals surface area contributed by atoms with Crippen LogP contribution in [0, 0.1) is 5.92 Å². The maximum absolute atomic E-state index is 5.68. The van der Waals surface area contributed by atoms with Crippen molar-refractivity contribution in [2.75, 3.05) is 38.1 Å². The van der Waals surface area contributed by atoms with Crippen LogP contribution in [0.2, 0.25) is 0 Å². The van der Waals surface area contributed by atoms with E-state index >= 15 is 0 Å². The summed E-state index contributed by atoms with van der Waals surface area (Å²) in [6.45, 7) is 7.36. The van der Waals surface area contributed by atoms with Gasteiger partial charge in [0.2, 0.25) is 0 Å². The molecule has 1 atom stereocenters. The zero-order chi connectivity index (χ0) is 14.4. The summed E-state index contributed by atoms with van der Waals surface area (Å²) in [6.07, 6.45) is 5.82. The topological polar surface area (TPSA) is 45.4 Å². The van der Waals surface area contributed by atoms with E-state index in [0.717, 1.165) is 37.8 Å². The second-order valence-corrected chi connectivity index (χ2v) is 5.86. The summed E-state index contributed by atoms with van der Waals surface area (Å²) >= 11 is 0. The standard InChI is InChI=1S/C16H28N4/c1-3-19(2)16-7-6-15(11-18-16)13-20-10-4-5-14(12-20)8-9-17/h6-7,11,14H,3-5,8-10,12-13,17H2,1-2H3. The van der Waals surface area contributed by atoms with Gasteiger partial charge in [-0.05, 0) is 56.8 Å². The van der Waals surface area contributed by atoms with Gasteiger partial charge in [-0.2, -0.15) is 0 Å². The van der Waals surface area contributed by atoms with Crippen molar-refractivity contribution in [1.29, 1.82) is 0 Å². The minimum absolute atomic E-state index is 0.784. The fraction of sp³-hybridized carbons (Fsp3) is 0.688. The van der Waals surface area contributed by atoms with Crippen molar-refractivity contribution in [3.05, 3.63) is 23.9 Å². The maximum atomic E-state index is 5.68. The average Bonchev–Trinajstić information content (AvgIpc) is 2.48. The lowest BCUT2D eigenvalue weighted by Gasteiger charge is -2.32. The van der Waals surface area contributed by atoms with Gasteiger partial charge in [0.05, 0.1) is 0 Å². The third-order valence-electron chi connectivity index (χ3n) is 4.26. The molecular weight excluding hydrogens is 248 g/mol. The highest BCUT2D eigenvalue weighted by Crippen LogP contribution is 2.21. The van der Waals surface area contributed by atoms with Crippen LogP contribution in [0.3, 0.4) is 0 Å².